The summed E-state index contributed by atoms with van der Waals surface area (Å²) in [6.07, 6.45) is -3.62. The van der Waals surface area contributed by atoms with Gasteiger partial charge in [0.05, 0.1) is 13.2 Å². The minimum absolute atomic E-state index is 0.0776. The minimum atomic E-state index is -4.74. The Bertz CT molecular complexity index is 1120. The van der Waals surface area contributed by atoms with Crippen LogP contribution in [0.15, 0.2) is 35.8 Å². The molecule has 2 aliphatic rings. The van der Waals surface area contributed by atoms with E-state index in [0.29, 0.717) is 28.5 Å². The van der Waals surface area contributed by atoms with Crippen LogP contribution in [0.1, 0.15) is 43.9 Å². The van der Waals surface area contributed by atoms with Gasteiger partial charge in [0.15, 0.2) is 5.60 Å². The number of halogens is 4. The fourth-order valence-corrected chi connectivity index (χ4v) is 4.10. The summed E-state index contributed by atoms with van der Waals surface area (Å²) in [4.78, 5) is 39.6. The normalized spacial score (nSPS) is 18.9. The molecule has 1 heterocycles. The van der Waals surface area contributed by atoms with E-state index in [-0.39, 0.29) is 18.8 Å². The molecule has 3 rings (SSSR count). The molecule has 7 nitrogen and oxygen atoms in total. The van der Waals surface area contributed by atoms with Gasteiger partial charge in [-0.3, -0.25) is 14.6 Å². The molecule has 3 amide bonds. The Kier molecular flexibility index (Phi) is 7.52. The molecule has 1 atom stereocenters. The van der Waals surface area contributed by atoms with Crippen molar-refractivity contribution in [3.05, 3.63) is 52.5 Å². The van der Waals surface area contributed by atoms with E-state index < -0.39 is 54.4 Å². The van der Waals surface area contributed by atoms with E-state index in [4.69, 9.17) is 9.47 Å². The average molecular weight is 513 g/mol. The molecule has 36 heavy (non-hydrogen) atoms. The van der Waals surface area contributed by atoms with Gasteiger partial charge >= 0.3 is 18.2 Å². The maximum atomic E-state index is 14.1. The highest BCUT2D eigenvalue weighted by Crippen LogP contribution is 2.39. The molecular formula is C25H28F4N2O5. The molecule has 0 aromatic heterocycles. The second-order valence-electron chi connectivity index (χ2n) is 9.23. The molecule has 196 valence electrons. The molecule has 0 saturated carbocycles. The van der Waals surface area contributed by atoms with Crippen LogP contribution in [0.3, 0.4) is 0 Å². The summed E-state index contributed by atoms with van der Waals surface area (Å²) in [7, 11) is 0. The summed E-state index contributed by atoms with van der Waals surface area (Å²) in [6, 6.07) is 2.67. The summed E-state index contributed by atoms with van der Waals surface area (Å²) < 4.78 is 63.8. The zero-order valence-corrected chi connectivity index (χ0v) is 20.7. The zero-order valence-electron chi connectivity index (χ0n) is 20.7. The average Bonchev–Trinajstić information content (AvgIpc) is 3.04. The van der Waals surface area contributed by atoms with Gasteiger partial charge in [-0.25, -0.2) is 14.0 Å². The molecule has 1 saturated heterocycles. The SMILES string of the molecule is CCOC(=O)C(C)(C)Oc1c(C)cc(CN2C(=O)CN(C3=CCC(C(F)(F)F)C(F)=C3)C2=O)cc1C. The summed E-state index contributed by atoms with van der Waals surface area (Å²) >= 11 is 0. The van der Waals surface area contributed by atoms with Crippen molar-refractivity contribution in [2.24, 2.45) is 5.92 Å². The molecule has 1 aliphatic carbocycles. The lowest BCUT2D eigenvalue weighted by Gasteiger charge is -2.27. The molecule has 1 unspecified atom stereocenters. The Labute approximate surface area is 206 Å². The quantitative estimate of drug-likeness (QED) is 0.288. The largest absolute Gasteiger partial charge is 0.476 e. The summed E-state index contributed by atoms with van der Waals surface area (Å²) in [6.45, 7) is 8.08. The molecule has 1 aromatic rings. The Morgan fingerprint density at radius 2 is 1.75 bits per heavy atom. The van der Waals surface area contributed by atoms with Crippen LogP contribution < -0.4 is 4.74 Å². The summed E-state index contributed by atoms with van der Waals surface area (Å²) in [5.74, 6) is -4.28. The minimum Gasteiger partial charge on any atom is -0.476 e. The third-order valence-electron chi connectivity index (χ3n) is 5.93. The van der Waals surface area contributed by atoms with E-state index in [2.05, 4.69) is 0 Å². The van der Waals surface area contributed by atoms with Gasteiger partial charge < -0.3 is 9.47 Å². The first kappa shape index (κ1) is 27.2. The van der Waals surface area contributed by atoms with Crippen molar-refractivity contribution in [3.8, 4) is 5.75 Å². The van der Waals surface area contributed by atoms with E-state index in [9.17, 15) is 31.9 Å². The molecule has 0 radical (unpaired) electrons. The zero-order chi connectivity index (χ0) is 27.0. The number of nitrogens with zero attached hydrogens (tertiary/aromatic N) is 2. The third-order valence-corrected chi connectivity index (χ3v) is 5.93. The number of hydrogen-bond acceptors (Lipinski definition) is 5. The Morgan fingerprint density at radius 1 is 1.14 bits per heavy atom. The number of ether oxygens (including phenoxy) is 2. The second kappa shape index (κ2) is 9.94. The number of carbonyl (C=O) groups is 3. The maximum absolute atomic E-state index is 14.1. The van der Waals surface area contributed by atoms with Crippen LogP contribution in [-0.4, -0.2) is 52.6 Å². The van der Waals surface area contributed by atoms with Crippen molar-refractivity contribution in [1.29, 1.82) is 0 Å². The standard InChI is InChI=1S/C25H28F4N2O5/c1-6-35-22(33)24(4,5)36-21-14(2)9-16(10-15(21)3)12-31-20(32)13-30(23(31)34)17-7-8-18(19(26)11-17)25(27,28)29/h7,9-11,18H,6,8,12-13H2,1-5H3. The number of allylic oxidation sites excluding steroid dienone is 3. The van der Waals surface area contributed by atoms with E-state index in [0.717, 1.165) is 15.9 Å². The predicted molar refractivity (Wildman–Crippen MR) is 121 cm³/mol. The Balaban J connectivity index is 1.76. The number of carbonyl (C=O) groups excluding carboxylic acids is 3. The van der Waals surface area contributed by atoms with Gasteiger partial charge in [0, 0.05) is 5.70 Å². The number of alkyl halides is 3. The first-order chi connectivity index (χ1) is 16.7. The summed E-state index contributed by atoms with van der Waals surface area (Å²) in [5, 5.41) is 0. The van der Waals surface area contributed by atoms with Gasteiger partial charge in [-0.05, 0) is 63.8 Å². The van der Waals surface area contributed by atoms with Crippen molar-refractivity contribution in [2.75, 3.05) is 13.2 Å². The van der Waals surface area contributed by atoms with Crippen LogP contribution in [0.25, 0.3) is 0 Å². The van der Waals surface area contributed by atoms with Crippen molar-refractivity contribution in [1.82, 2.24) is 9.80 Å². The van der Waals surface area contributed by atoms with Gasteiger partial charge in [0.25, 0.3) is 5.91 Å². The molecule has 1 fully saturated rings. The fraction of sp³-hybridized carbons (Fsp3) is 0.480. The fourth-order valence-electron chi connectivity index (χ4n) is 4.10. The highest BCUT2D eigenvalue weighted by atomic mass is 19.4. The highest BCUT2D eigenvalue weighted by molar-refractivity contribution is 6.03. The number of aryl methyl sites for hydroxylation is 2. The van der Waals surface area contributed by atoms with Gasteiger partial charge in [-0.15, -0.1) is 0 Å². The molecule has 0 N–H and O–H groups in total. The van der Waals surface area contributed by atoms with Crippen molar-refractivity contribution in [3.63, 3.8) is 0 Å². The number of amides is 3. The lowest BCUT2D eigenvalue weighted by Crippen LogP contribution is -2.40. The highest BCUT2D eigenvalue weighted by Gasteiger charge is 2.45. The van der Waals surface area contributed by atoms with Crippen LogP contribution in [0, 0.1) is 19.8 Å². The van der Waals surface area contributed by atoms with Crippen molar-refractivity contribution in [2.45, 2.75) is 59.4 Å². The first-order valence-corrected chi connectivity index (χ1v) is 11.4. The van der Waals surface area contributed by atoms with Crippen molar-refractivity contribution < 1.29 is 41.4 Å². The van der Waals surface area contributed by atoms with Gasteiger partial charge in [0.2, 0.25) is 0 Å². The molecule has 1 aromatic carbocycles. The van der Waals surface area contributed by atoms with Crippen LogP contribution >= 0.6 is 0 Å². The lowest BCUT2D eigenvalue weighted by molar-refractivity contribution is -0.167. The van der Waals surface area contributed by atoms with Crippen molar-refractivity contribution >= 4 is 17.9 Å². The van der Waals surface area contributed by atoms with Crippen LogP contribution in [0.2, 0.25) is 0 Å². The number of urea groups is 1. The number of benzene rings is 1. The van der Waals surface area contributed by atoms with Gasteiger partial charge in [0.1, 0.15) is 24.0 Å². The number of rotatable bonds is 7. The number of hydrogen-bond donors (Lipinski definition) is 0. The van der Waals surface area contributed by atoms with E-state index >= 15 is 0 Å². The van der Waals surface area contributed by atoms with Crippen LogP contribution in [-0.2, 0) is 20.9 Å². The summed E-state index contributed by atoms with van der Waals surface area (Å²) in [5.41, 5.74) is 0.612. The third kappa shape index (κ3) is 5.55. The molecular weight excluding hydrogens is 484 g/mol. The van der Waals surface area contributed by atoms with E-state index in [1.807, 2.05) is 0 Å². The number of esters is 1. The lowest BCUT2D eigenvalue weighted by atomic mass is 9.97. The molecule has 11 heteroatoms. The maximum Gasteiger partial charge on any atom is 0.398 e. The number of imide groups is 1. The van der Waals surface area contributed by atoms with Gasteiger partial charge in [-0.1, -0.05) is 18.2 Å². The van der Waals surface area contributed by atoms with E-state index in [1.54, 1.807) is 46.8 Å². The molecule has 1 aliphatic heterocycles. The van der Waals surface area contributed by atoms with Gasteiger partial charge in [-0.2, -0.15) is 13.2 Å². The molecule has 0 spiro atoms. The van der Waals surface area contributed by atoms with E-state index in [1.165, 1.54) is 0 Å². The monoisotopic (exact) mass is 512 g/mol. The Hall–Kier alpha value is -3.37. The van der Waals surface area contributed by atoms with Crippen LogP contribution in [0.5, 0.6) is 5.75 Å². The first-order valence-electron chi connectivity index (χ1n) is 11.4. The topological polar surface area (TPSA) is 76.2 Å². The van der Waals surface area contributed by atoms with Crippen LogP contribution in [0.4, 0.5) is 22.4 Å². The smallest absolute Gasteiger partial charge is 0.398 e. The predicted octanol–water partition coefficient (Wildman–Crippen LogP) is 5.11. The molecule has 0 bridgehead atoms. The Morgan fingerprint density at radius 3 is 2.28 bits per heavy atom. The second-order valence-corrected chi connectivity index (χ2v) is 9.23.